The Kier molecular flexibility index (Phi) is 16.9. The van der Waals surface area contributed by atoms with E-state index in [9.17, 15) is 0 Å². The molecule has 1 saturated heterocycles. The average Bonchev–Trinajstić information content (AvgIpc) is 3.46. The molecular formula is C24H48O2. The molecule has 1 fully saturated rings. The molecule has 0 aromatic rings. The molecule has 0 aromatic carbocycles. The molecule has 0 aliphatic carbocycles. The van der Waals surface area contributed by atoms with Crippen molar-refractivity contribution < 1.29 is 9.47 Å². The summed E-state index contributed by atoms with van der Waals surface area (Å²) in [5.41, 5.74) is 0. The van der Waals surface area contributed by atoms with Crippen molar-refractivity contribution in [3.05, 3.63) is 0 Å². The van der Waals surface area contributed by atoms with Gasteiger partial charge in [-0.05, 0) is 12.3 Å². The van der Waals surface area contributed by atoms with E-state index in [4.69, 9.17) is 9.47 Å². The van der Waals surface area contributed by atoms with Crippen LogP contribution in [0.25, 0.3) is 0 Å². The lowest BCUT2D eigenvalue weighted by molar-refractivity contribution is 0.113. The van der Waals surface area contributed by atoms with Crippen LogP contribution in [0.2, 0.25) is 0 Å². The van der Waals surface area contributed by atoms with E-state index in [0.29, 0.717) is 6.10 Å². The number of hydrogen-bond acceptors (Lipinski definition) is 2. The first-order valence-electron chi connectivity index (χ1n) is 12.1. The fourth-order valence-corrected chi connectivity index (χ4v) is 4.03. The Balaban J connectivity index is 1.68. The molecule has 0 spiro atoms. The van der Waals surface area contributed by atoms with E-state index >= 15 is 0 Å². The first kappa shape index (κ1) is 24.0. The van der Waals surface area contributed by atoms with Gasteiger partial charge in [0.05, 0.1) is 13.2 Å². The smallest absolute Gasteiger partial charge is 0.104 e. The Bertz CT molecular complexity index is 269. The third-order valence-corrected chi connectivity index (χ3v) is 5.75. The Morgan fingerprint density at radius 3 is 1.62 bits per heavy atom. The van der Waals surface area contributed by atoms with Crippen molar-refractivity contribution in [1.29, 1.82) is 0 Å². The van der Waals surface area contributed by atoms with Crippen LogP contribution in [0.1, 0.15) is 123 Å². The van der Waals surface area contributed by atoms with Crippen LogP contribution < -0.4 is 0 Å². The first-order chi connectivity index (χ1) is 12.9. The van der Waals surface area contributed by atoms with Gasteiger partial charge in [0.25, 0.3) is 0 Å². The van der Waals surface area contributed by atoms with Gasteiger partial charge >= 0.3 is 0 Å². The minimum absolute atomic E-state index is 0.425. The Labute approximate surface area is 164 Å². The highest BCUT2D eigenvalue weighted by atomic mass is 16.6. The molecule has 2 heteroatoms. The van der Waals surface area contributed by atoms with Gasteiger partial charge in [0.1, 0.15) is 6.10 Å². The third-order valence-electron chi connectivity index (χ3n) is 5.75. The summed E-state index contributed by atoms with van der Waals surface area (Å²) >= 11 is 0. The lowest BCUT2D eigenvalue weighted by Crippen LogP contribution is -2.02. The topological polar surface area (TPSA) is 21.8 Å². The fraction of sp³-hybridized carbons (Fsp3) is 1.00. The van der Waals surface area contributed by atoms with E-state index in [1.165, 1.54) is 109 Å². The molecule has 1 aliphatic rings. The van der Waals surface area contributed by atoms with Gasteiger partial charge in [-0.15, -0.1) is 0 Å². The molecule has 0 bridgehead atoms. The summed E-state index contributed by atoms with van der Waals surface area (Å²) in [4.78, 5) is 0. The zero-order valence-electron chi connectivity index (χ0n) is 18.1. The van der Waals surface area contributed by atoms with Crippen molar-refractivity contribution in [2.75, 3.05) is 19.8 Å². The van der Waals surface area contributed by atoms with Gasteiger partial charge in [0, 0.05) is 6.61 Å². The van der Waals surface area contributed by atoms with Crippen molar-refractivity contribution >= 4 is 0 Å². The lowest BCUT2D eigenvalue weighted by Gasteiger charge is -2.14. The monoisotopic (exact) mass is 368 g/mol. The Hall–Kier alpha value is -0.0800. The highest BCUT2D eigenvalue weighted by Gasteiger charge is 2.21. The number of epoxide rings is 1. The summed E-state index contributed by atoms with van der Waals surface area (Å²) < 4.78 is 10.7. The largest absolute Gasteiger partial charge is 0.379 e. The van der Waals surface area contributed by atoms with Gasteiger partial charge in [-0.25, -0.2) is 0 Å². The number of rotatable bonds is 21. The first-order valence-corrected chi connectivity index (χ1v) is 12.1. The number of hydrogen-bond donors (Lipinski definition) is 0. The van der Waals surface area contributed by atoms with Crippen LogP contribution in [0.5, 0.6) is 0 Å². The van der Waals surface area contributed by atoms with Crippen LogP contribution in [-0.4, -0.2) is 25.9 Å². The molecule has 0 N–H and O–H groups in total. The lowest BCUT2D eigenvalue weighted by atomic mass is 9.92. The second-order valence-corrected chi connectivity index (χ2v) is 8.50. The molecule has 26 heavy (non-hydrogen) atoms. The maximum atomic E-state index is 5.57. The summed E-state index contributed by atoms with van der Waals surface area (Å²) in [6, 6.07) is 0. The minimum Gasteiger partial charge on any atom is -0.379 e. The van der Waals surface area contributed by atoms with E-state index < -0.39 is 0 Å². The van der Waals surface area contributed by atoms with Gasteiger partial charge in [-0.3, -0.25) is 0 Å². The van der Waals surface area contributed by atoms with Crippen LogP contribution >= 0.6 is 0 Å². The van der Waals surface area contributed by atoms with Crippen LogP contribution in [-0.2, 0) is 9.47 Å². The second kappa shape index (κ2) is 18.3. The molecule has 156 valence electrons. The van der Waals surface area contributed by atoms with E-state index in [2.05, 4.69) is 13.8 Å². The van der Waals surface area contributed by atoms with Crippen LogP contribution in [0.3, 0.4) is 0 Å². The molecule has 1 atom stereocenters. The molecule has 0 radical (unpaired) electrons. The molecule has 1 unspecified atom stereocenters. The normalized spacial score (nSPS) is 16.5. The summed E-state index contributed by atoms with van der Waals surface area (Å²) in [6.07, 6.45) is 24.6. The van der Waals surface area contributed by atoms with Crippen LogP contribution in [0.15, 0.2) is 0 Å². The highest BCUT2D eigenvalue weighted by Crippen LogP contribution is 2.21. The van der Waals surface area contributed by atoms with Gasteiger partial charge < -0.3 is 9.47 Å². The fourth-order valence-electron chi connectivity index (χ4n) is 4.03. The maximum absolute atomic E-state index is 5.57. The summed E-state index contributed by atoms with van der Waals surface area (Å²) in [6.45, 7) is 7.33. The van der Waals surface area contributed by atoms with E-state index in [-0.39, 0.29) is 0 Å². The zero-order chi connectivity index (χ0) is 18.7. The molecule has 2 nitrogen and oxygen atoms in total. The molecule has 0 aromatic heterocycles. The maximum Gasteiger partial charge on any atom is 0.104 e. The van der Waals surface area contributed by atoms with Crippen LogP contribution in [0, 0.1) is 5.92 Å². The molecule has 0 amide bonds. The van der Waals surface area contributed by atoms with Gasteiger partial charge in [-0.1, -0.05) is 117 Å². The van der Waals surface area contributed by atoms with E-state index in [1.807, 2.05) is 0 Å². The summed E-state index contributed by atoms with van der Waals surface area (Å²) in [7, 11) is 0. The van der Waals surface area contributed by atoms with Crippen molar-refractivity contribution in [3.63, 3.8) is 0 Å². The minimum atomic E-state index is 0.425. The van der Waals surface area contributed by atoms with E-state index in [1.54, 1.807) is 0 Å². The number of unbranched alkanes of at least 4 members (excludes halogenated alkanes) is 11. The SMILES string of the molecule is CCCC(CCC)CCCCCCCCCCCCCCOCC1CO1. The van der Waals surface area contributed by atoms with Gasteiger partial charge in [0.2, 0.25) is 0 Å². The van der Waals surface area contributed by atoms with E-state index in [0.717, 1.165) is 25.7 Å². The van der Waals surface area contributed by atoms with Gasteiger partial charge in [0.15, 0.2) is 0 Å². The predicted octanol–water partition coefficient (Wildman–Crippen LogP) is 7.69. The van der Waals surface area contributed by atoms with Crippen molar-refractivity contribution in [2.45, 2.75) is 129 Å². The quantitative estimate of drug-likeness (QED) is 0.153. The molecule has 0 saturated carbocycles. The zero-order valence-corrected chi connectivity index (χ0v) is 18.1. The Morgan fingerprint density at radius 1 is 0.692 bits per heavy atom. The number of ether oxygens (including phenoxy) is 2. The molecular weight excluding hydrogens is 320 g/mol. The molecule has 1 rings (SSSR count). The van der Waals surface area contributed by atoms with Crippen molar-refractivity contribution in [3.8, 4) is 0 Å². The molecule has 1 heterocycles. The second-order valence-electron chi connectivity index (χ2n) is 8.50. The van der Waals surface area contributed by atoms with Crippen LogP contribution in [0.4, 0.5) is 0 Å². The van der Waals surface area contributed by atoms with Gasteiger partial charge in [-0.2, -0.15) is 0 Å². The summed E-state index contributed by atoms with van der Waals surface area (Å²) in [5.74, 6) is 1.02. The Morgan fingerprint density at radius 2 is 1.15 bits per heavy atom. The summed E-state index contributed by atoms with van der Waals surface area (Å²) in [5, 5.41) is 0. The van der Waals surface area contributed by atoms with Crippen molar-refractivity contribution in [2.24, 2.45) is 5.92 Å². The third kappa shape index (κ3) is 16.1. The molecule has 1 aliphatic heterocycles. The highest BCUT2D eigenvalue weighted by molar-refractivity contribution is 4.67. The average molecular weight is 369 g/mol. The standard InChI is InChI=1S/C24H48O2/c1-3-17-23(18-4-2)19-15-13-11-9-7-5-6-8-10-12-14-16-20-25-21-24-22-26-24/h23-24H,3-22H2,1-2H3. The predicted molar refractivity (Wildman–Crippen MR) is 114 cm³/mol. The van der Waals surface area contributed by atoms with Crippen molar-refractivity contribution in [1.82, 2.24) is 0 Å².